The van der Waals surface area contributed by atoms with Gasteiger partial charge in [-0.2, -0.15) is 8.42 Å². The first kappa shape index (κ1) is 23.3. The number of carbonyl (C=O) groups excluding carboxylic acids is 1. The Morgan fingerprint density at radius 1 is 1.18 bits per heavy atom. The summed E-state index contributed by atoms with van der Waals surface area (Å²) in [6, 6.07) is 12.3. The Hall–Kier alpha value is -3.86. The fourth-order valence-corrected chi connectivity index (χ4v) is 4.57. The number of nitrogens with zero attached hydrogens (tertiary/aromatic N) is 3. The van der Waals surface area contributed by atoms with Crippen molar-refractivity contribution in [2.45, 2.75) is 33.2 Å². The van der Waals surface area contributed by atoms with Crippen LogP contribution in [0.5, 0.6) is 5.75 Å². The Balaban J connectivity index is 1.49. The van der Waals surface area contributed by atoms with Gasteiger partial charge in [0.15, 0.2) is 5.84 Å². The molecule has 4 N–H and O–H groups in total. The molecule has 0 saturated heterocycles. The summed E-state index contributed by atoms with van der Waals surface area (Å²) in [5, 5.41) is 2.97. The Morgan fingerprint density at radius 2 is 1.88 bits per heavy atom. The molecule has 1 aliphatic rings. The van der Waals surface area contributed by atoms with Crippen molar-refractivity contribution in [2.75, 3.05) is 11.3 Å². The van der Waals surface area contributed by atoms with E-state index in [9.17, 15) is 13.2 Å². The van der Waals surface area contributed by atoms with Gasteiger partial charge in [-0.1, -0.05) is 6.07 Å². The van der Waals surface area contributed by atoms with Gasteiger partial charge in [-0.3, -0.25) is 9.52 Å². The van der Waals surface area contributed by atoms with Crippen molar-refractivity contribution >= 4 is 27.6 Å². The summed E-state index contributed by atoms with van der Waals surface area (Å²) in [7, 11) is -3.88. The molecule has 0 spiro atoms. The van der Waals surface area contributed by atoms with Crippen molar-refractivity contribution in [1.29, 1.82) is 0 Å². The molecule has 0 aliphatic carbocycles. The molecule has 1 aromatic carbocycles. The average Bonchev–Trinajstić information content (AvgIpc) is 3.09. The highest BCUT2D eigenvalue weighted by Gasteiger charge is 2.27. The maximum absolute atomic E-state index is 13.0. The summed E-state index contributed by atoms with van der Waals surface area (Å²) in [6.07, 6.45) is 1.60. The molecule has 4 rings (SSSR count). The number of anilines is 1. The van der Waals surface area contributed by atoms with Gasteiger partial charge in [0.2, 0.25) is 0 Å². The molecular weight excluding hydrogens is 456 g/mol. The van der Waals surface area contributed by atoms with Crippen LogP contribution in [0.25, 0.3) is 5.82 Å². The van der Waals surface area contributed by atoms with E-state index in [1.165, 1.54) is 0 Å². The van der Waals surface area contributed by atoms with Crippen LogP contribution in [0, 0.1) is 13.8 Å². The molecule has 2 aromatic heterocycles. The number of ether oxygens (including phenoxy) is 1. The molecule has 1 amide bonds. The number of aryl methyl sites for hydroxylation is 2. The van der Waals surface area contributed by atoms with Crippen LogP contribution in [0.1, 0.15) is 41.2 Å². The molecule has 1 aliphatic heterocycles. The third kappa shape index (κ3) is 4.74. The summed E-state index contributed by atoms with van der Waals surface area (Å²) in [4.78, 5) is 17.4. The second-order valence-corrected chi connectivity index (χ2v) is 10.1. The molecule has 3 heterocycles. The summed E-state index contributed by atoms with van der Waals surface area (Å²) in [5.41, 5.74) is 8.26. The fourth-order valence-electron chi connectivity index (χ4n) is 3.72. The van der Waals surface area contributed by atoms with E-state index >= 15 is 0 Å². The van der Waals surface area contributed by atoms with Gasteiger partial charge in [0.05, 0.1) is 16.8 Å². The second-order valence-electron chi connectivity index (χ2n) is 8.71. The Labute approximate surface area is 198 Å². The molecule has 0 atom stereocenters. The molecule has 0 fully saturated rings. The van der Waals surface area contributed by atoms with Crippen molar-refractivity contribution < 1.29 is 17.9 Å². The van der Waals surface area contributed by atoms with Crippen LogP contribution in [0.3, 0.4) is 0 Å². The number of rotatable bonds is 6. The van der Waals surface area contributed by atoms with Crippen LogP contribution in [-0.4, -0.2) is 41.9 Å². The number of pyridine rings is 1. The van der Waals surface area contributed by atoms with E-state index in [0.717, 1.165) is 11.4 Å². The molecule has 10 nitrogen and oxygen atoms in total. The fraction of sp³-hybridized carbons (Fsp3) is 0.261. The number of amides is 1. The molecule has 178 valence electrons. The topological polar surface area (TPSA) is 141 Å². The van der Waals surface area contributed by atoms with E-state index < -0.39 is 15.7 Å². The number of nitrogens with two attached hydrogens (primary N) is 1. The quantitative estimate of drug-likeness (QED) is 0.493. The lowest BCUT2D eigenvalue weighted by atomic mass is 10.1. The van der Waals surface area contributed by atoms with Gasteiger partial charge in [0, 0.05) is 23.1 Å². The Bertz CT molecular complexity index is 1390. The van der Waals surface area contributed by atoms with Crippen molar-refractivity contribution in [1.82, 2.24) is 14.9 Å². The third-order valence-electron chi connectivity index (χ3n) is 5.29. The van der Waals surface area contributed by atoms with E-state index in [0.29, 0.717) is 22.7 Å². The van der Waals surface area contributed by atoms with Crippen molar-refractivity contribution in [3.63, 3.8) is 0 Å². The van der Waals surface area contributed by atoms with Crippen LogP contribution in [0.15, 0.2) is 53.1 Å². The number of amidine groups is 1. The standard InChI is InChI=1S/C23H26N6O4S/c1-14-8-9-15(2)29(14)19-12-16(10-11-25-19)22(30)26-23(3,4)13-33-18-7-5-6-17-20(18)21(24)28-34(31,32)27-17/h5-12,27H,13H2,1-4H3,(H2,24,28)(H,26,30). The maximum Gasteiger partial charge on any atom is 0.344 e. The van der Waals surface area contributed by atoms with E-state index in [4.69, 9.17) is 10.5 Å². The van der Waals surface area contributed by atoms with Gasteiger partial charge < -0.3 is 20.4 Å². The van der Waals surface area contributed by atoms with E-state index in [1.807, 2.05) is 44.4 Å². The smallest absolute Gasteiger partial charge is 0.344 e. The van der Waals surface area contributed by atoms with Gasteiger partial charge in [-0.25, -0.2) is 4.98 Å². The zero-order valence-electron chi connectivity index (χ0n) is 19.3. The summed E-state index contributed by atoms with van der Waals surface area (Å²) < 4.78 is 37.3. The molecule has 3 aromatic rings. The number of nitrogens with one attached hydrogen (secondary N) is 2. The van der Waals surface area contributed by atoms with Gasteiger partial charge >= 0.3 is 10.2 Å². The van der Waals surface area contributed by atoms with Crippen LogP contribution >= 0.6 is 0 Å². The van der Waals surface area contributed by atoms with Crippen LogP contribution in [-0.2, 0) is 10.2 Å². The highest BCUT2D eigenvalue weighted by atomic mass is 32.2. The molecule has 11 heteroatoms. The second kappa shape index (κ2) is 8.49. The predicted octanol–water partition coefficient (Wildman–Crippen LogP) is 2.45. The Morgan fingerprint density at radius 3 is 2.59 bits per heavy atom. The Kier molecular flexibility index (Phi) is 5.82. The van der Waals surface area contributed by atoms with Crippen molar-refractivity contribution in [3.05, 3.63) is 71.2 Å². The molecular formula is C23H26N6O4S. The highest BCUT2D eigenvalue weighted by Crippen LogP contribution is 2.31. The first-order valence-electron chi connectivity index (χ1n) is 10.5. The summed E-state index contributed by atoms with van der Waals surface area (Å²) >= 11 is 0. The molecule has 0 bridgehead atoms. The van der Waals surface area contributed by atoms with Crippen molar-refractivity contribution in [2.24, 2.45) is 10.1 Å². The van der Waals surface area contributed by atoms with E-state index in [2.05, 4.69) is 19.4 Å². The van der Waals surface area contributed by atoms with Crippen LogP contribution < -0.4 is 20.5 Å². The zero-order valence-corrected chi connectivity index (χ0v) is 20.1. The zero-order chi connectivity index (χ0) is 24.7. The number of fused-ring (bicyclic) bond motifs is 1. The van der Waals surface area contributed by atoms with Crippen molar-refractivity contribution in [3.8, 4) is 11.6 Å². The number of benzene rings is 1. The number of hydrogen-bond donors (Lipinski definition) is 3. The van der Waals surface area contributed by atoms with Gasteiger partial charge in [0.25, 0.3) is 5.91 Å². The SMILES string of the molecule is Cc1ccc(C)n1-c1cc(C(=O)NC(C)(C)COc2cccc3c2C(N)=NS(=O)(=O)N3)ccn1. The molecule has 0 saturated carbocycles. The molecule has 34 heavy (non-hydrogen) atoms. The van der Waals surface area contributed by atoms with Gasteiger partial charge in [-0.05, 0) is 64.1 Å². The molecule has 0 radical (unpaired) electrons. The van der Waals surface area contributed by atoms with E-state index in [-0.39, 0.29) is 24.0 Å². The third-order valence-corrected chi connectivity index (χ3v) is 6.20. The number of carbonyl (C=O) groups is 1. The van der Waals surface area contributed by atoms with Gasteiger partial charge in [0.1, 0.15) is 18.2 Å². The predicted molar refractivity (Wildman–Crippen MR) is 130 cm³/mol. The van der Waals surface area contributed by atoms with Crippen LogP contribution in [0.2, 0.25) is 0 Å². The lowest BCUT2D eigenvalue weighted by Crippen LogP contribution is -2.48. The maximum atomic E-state index is 13.0. The van der Waals surface area contributed by atoms with Gasteiger partial charge in [-0.15, -0.1) is 4.40 Å². The molecule has 0 unspecified atom stereocenters. The lowest BCUT2D eigenvalue weighted by molar-refractivity contribution is 0.0880. The monoisotopic (exact) mass is 482 g/mol. The average molecular weight is 483 g/mol. The summed E-state index contributed by atoms with van der Waals surface area (Å²) in [6.45, 7) is 7.70. The summed E-state index contributed by atoms with van der Waals surface area (Å²) in [5.74, 6) is 0.581. The minimum absolute atomic E-state index is 0.100. The minimum atomic E-state index is -3.88. The number of hydrogen-bond acceptors (Lipinski definition) is 6. The normalized spacial score (nSPS) is 14.5. The first-order valence-corrected chi connectivity index (χ1v) is 12.0. The number of aromatic nitrogens is 2. The lowest BCUT2D eigenvalue weighted by Gasteiger charge is -2.27. The van der Waals surface area contributed by atoms with Crippen LogP contribution in [0.4, 0.5) is 5.69 Å². The minimum Gasteiger partial charge on any atom is -0.490 e. The largest absolute Gasteiger partial charge is 0.490 e. The first-order chi connectivity index (χ1) is 16.0. The van der Waals surface area contributed by atoms with E-state index in [1.54, 1.807) is 36.5 Å². The highest BCUT2D eigenvalue weighted by molar-refractivity contribution is 7.91.